The summed E-state index contributed by atoms with van der Waals surface area (Å²) in [4.78, 5) is 15.9. The number of nitrogens with zero attached hydrogens (tertiary/aromatic N) is 4. The van der Waals surface area contributed by atoms with Gasteiger partial charge in [0.2, 0.25) is 10.0 Å². The number of piperazine rings is 1. The molecule has 2 aliphatic rings. The number of hydrogen-bond donors (Lipinski definition) is 1. The van der Waals surface area contributed by atoms with Crippen LogP contribution in [-0.4, -0.2) is 80.3 Å². The molecular formula is C23H31N5O4S. The zero-order valence-electron chi connectivity index (χ0n) is 18.9. The minimum Gasteiger partial charge on any atom is -0.378 e. The van der Waals surface area contributed by atoms with Crippen LogP contribution in [0.25, 0.3) is 0 Å². The molecule has 0 aliphatic carbocycles. The Bertz CT molecular complexity index is 1070. The standard InChI is InChI=1S/C23H31N5O4S/c1-25-15-16-26(23(18-25)19-7-3-2-4-8-19)14-11-24-21-10-9-20(17-22(21)28(29)30)33(31,32)27-12-5-6-13-27/h2-4,7-10,17,23-24H,5-6,11-16,18H2,1H3/t23-/m0/s1. The van der Waals surface area contributed by atoms with Crippen molar-refractivity contribution in [3.63, 3.8) is 0 Å². The van der Waals surface area contributed by atoms with E-state index in [-0.39, 0.29) is 16.6 Å². The molecule has 0 unspecified atom stereocenters. The van der Waals surface area contributed by atoms with E-state index in [1.54, 1.807) is 0 Å². The first-order chi connectivity index (χ1) is 15.9. The molecule has 9 nitrogen and oxygen atoms in total. The minimum atomic E-state index is -3.70. The number of sulfonamides is 1. The smallest absolute Gasteiger partial charge is 0.293 e. The molecule has 2 fully saturated rings. The molecule has 0 saturated carbocycles. The van der Waals surface area contributed by atoms with Crippen molar-refractivity contribution in [2.45, 2.75) is 23.8 Å². The molecule has 2 aromatic rings. The molecule has 2 heterocycles. The second-order valence-corrected chi connectivity index (χ2v) is 10.6. The topological polar surface area (TPSA) is 99.0 Å². The van der Waals surface area contributed by atoms with Crippen LogP contribution in [0.1, 0.15) is 24.4 Å². The number of hydrogen-bond acceptors (Lipinski definition) is 7. The number of rotatable bonds is 8. The summed E-state index contributed by atoms with van der Waals surface area (Å²) in [6.45, 7) is 4.96. The van der Waals surface area contributed by atoms with Crippen molar-refractivity contribution in [1.29, 1.82) is 0 Å². The summed E-state index contributed by atoms with van der Waals surface area (Å²) in [6, 6.07) is 14.8. The molecule has 1 atom stereocenters. The van der Waals surface area contributed by atoms with Crippen molar-refractivity contribution in [2.24, 2.45) is 0 Å². The van der Waals surface area contributed by atoms with Gasteiger partial charge < -0.3 is 10.2 Å². The van der Waals surface area contributed by atoms with Crippen LogP contribution in [0.3, 0.4) is 0 Å². The summed E-state index contributed by atoms with van der Waals surface area (Å²) in [5, 5.41) is 14.9. The molecular weight excluding hydrogens is 442 g/mol. The highest BCUT2D eigenvalue weighted by Gasteiger charge is 2.30. The number of anilines is 1. The first-order valence-electron chi connectivity index (χ1n) is 11.4. The van der Waals surface area contributed by atoms with Gasteiger partial charge in [0.05, 0.1) is 9.82 Å². The average molecular weight is 474 g/mol. The van der Waals surface area contributed by atoms with Crippen LogP contribution in [0, 0.1) is 10.1 Å². The van der Waals surface area contributed by atoms with Crippen LogP contribution in [0.4, 0.5) is 11.4 Å². The van der Waals surface area contributed by atoms with Gasteiger partial charge in [0.15, 0.2) is 0 Å². The van der Waals surface area contributed by atoms with Crippen LogP contribution in [-0.2, 0) is 10.0 Å². The van der Waals surface area contributed by atoms with Gasteiger partial charge in [-0.25, -0.2) is 8.42 Å². The van der Waals surface area contributed by atoms with Gasteiger partial charge in [0, 0.05) is 57.9 Å². The minimum absolute atomic E-state index is 0.0233. The molecule has 0 spiro atoms. The molecule has 10 heteroatoms. The van der Waals surface area contributed by atoms with Crippen molar-refractivity contribution >= 4 is 21.4 Å². The summed E-state index contributed by atoms with van der Waals surface area (Å²) in [7, 11) is -1.59. The van der Waals surface area contributed by atoms with E-state index in [0.29, 0.717) is 25.3 Å². The van der Waals surface area contributed by atoms with Crippen LogP contribution in [0.2, 0.25) is 0 Å². The highest BCUT2D eigenvalue weighted by atomic mass is 32.2. The zero-order valence-corrected chi connectivity index (χ0v) is 19.7. The highest BCUT2D eigenvalue weighted by molar-refractivity contribution is 7.89. The Morgan fingerprint density at radius 2 is 1.79 bits per heavy atom. The van der Waals surface area contributed by atoms with Crippen molar-refractivity contribution < 1.29 is 13.3 Å². The Labute approximate surface area is 195 Å². The van der Waals surface area contributed by atoms with Crippen molar-refractivity contribution in [3.8, 4) is 0 Å². The largest absolute Gasteiger partial charge is 0.378 e. The monoisotopic (exact) mass is 473 g/mol. The van der Waals surface area contributed by atoms with E-state index in [2.05, 4.69) is 34.3 Å². The summed E-state index contributed by atoms with van der Waals surface area (Å²) in [6.07, 6.45) is 1.63. The molecule has 2 saturated heterocycles. The third kappa shape index (κ3) is 5.35. The molecule has 2 aromatic carbocycles. The normalized spacial score (nSPS) is 20.7. The average Bonchev–Trinajstić information content (AvgIpc) is 3.36. The van der Waals surface area contributed by atoms with E-state index >= 15 is 0 Å². The summed E-state index contributed by atoms with van der Waals surface area (Å²) in [5.74, 6) is 0. The summed E-state index contributed by atoms with van der Waals surface area (Å²) < 4.78 is 27.0. The fraction of sp³-hybridized carbons (Fsp3) is 0.478. The fourth-order valence-corrected chi connectivity index (χ4v) is 6.14. The highest BCUT2D eigenvalue weighted by Crippen LogP contribution is 2.30. The SMILES string of the molecule is CN1CCN(CCNc2ccc(S(=O)(=O)N3CCCC3)cc2[N+](=O)[O-])[C@H](c2ccccc2)C1. The molecule has 0 aromatic heterocycles. The second kappa shape index (κ2) is 10.2. The van der Waals surface area contributed by atoms with Crippen LogP contribution >= 0.6 is 0 Å². The lowest BCUT2D eigenvalue weighted by molar-refractivity contribution is -0.384. The predicted octanol–water partition coefficient (Wildman–Crippen LogP) is 2.78. The van der Waals surface area contributed by atoms with E-state index in [1.165, 1.54) is 28.1 Å². The lowest BCUT2D eigenvalue weighted by atomic mass is 10.0. The first-order valence-corrected chi connectivity index (χ1v) is 12.8. The van der Waals surface area contributed by atoms with Gasteiger partial charge in [-0.05, 0) is 37.6 Å². The van der Waals surface area contributed by atoms with E-state index in [9.17, 15) is 18.5 Å². The van der Waals surface area contributed by atoms with Crippen LogP contribution in [0.5, 0.6) is 0 Å². The van der Waals surface area contributed by atoms with E-state index < -0.39 is 14.9 Å². The van der Waals surface area contributed by atoms with Crippen LogP contribution < -0.4 is 5.32 Å². The van der Waals surface area contributed by atoms with Gasteiger partial charge in [-0.1, -0.05) is 30.3 Å². The summed E-state index contributed by atoms with van der Waals surface area (Å²) in [5.41, 5.74) is 1.38. The van der Waals surface area contributed by atoms with Gasteiger partial charge in [0.25, 0.3) is 5.69 Å². The van der Waals surface area contributed by atoms with Gasteiger partial charge >= 0.3 is 0 Å². The number of nitro benzene ring substituents is 1. The molecule has 0 bridgehead atoms. The van der Waals surface area contributed by atoms with Gasteiger partial charge in [-0.3, -0.25) is 15.0 Å². The number of benzene rings is 2. The summed E-state index contributed by atoms with van der Waals surface area (Å²) >= 11 is 0. The Kier molecular flexibility index (Phi) is 7.28. The number of nitrogens with one attached hydrogen (secondary N) is 1. The molecule has 1 N–H and O–H groups in total. The Morgan fingerprint density at radius 3 is 2.48 bits per heavy atom. The quantitative estimate of drug-likeness (QED) is 0.465. The molecule has 33 heavy (non-hydrogen) atoms. The van der Waals surface area contributed by atoms with E-state index in [4.69, 9.17) is 0 Å². The maximum absolute atomic E-state index is 12.8. The van der Waals surface area contributed by atoms with E-state index in [1.807, 2.05) is 18.2 Å². The molecule has 178 valence electrons. The van der Waals surface area contributed by atoms with Crippen LogP contribution in [0.15, 0.2) is 53.4 Å². The maximum atomic E-state index is 12.8. The Balaban J connectivity index is 1.46. The zero-order chi connectivity index (χ0) is 23.4. The second-order valence-electron chi connectivity index (χ2n) is 8.70. The lowest BCUT2D eigenvalue weighted by Gasteiger charge is -2.40. The van der Waals surface area contributed by atoms with E-state index in [0.717, 1.165) is 39.0 Å². The van der Waals surface area contributed by atoms with Gasteiger partial charge in [-0.15, -0.1) is 0 Å². The van der Waals surface area contributed by atoms with Gasteiger partial charge in [-0.2, -0.15) is 4.31 Å². The number of nitro groups is 1. The van der Waals surface area contributed by atoms with Crippen molar-refractivity contribution in [1.82, 2.24) is 14.1 Å². The van der Waals surface area contributed by atoms with Crippen molar-refractivity contribution in [3.05, 3.63) is 64.2 Å². The number of likely N-dealkylation sites (N-methyl/N-ethyl adjacent to an activating group) is 1. The first kappa shape index (κ1) is 23.6. The molecule has 2 aliphatic heterocycles. The lowest BCUT2D eigenvalue weighted by Crippen LogP contribution is -2.48. The predicted molar refractivity (Wildman–Crippen MR) is 128 cm³/mol. The van der Waals surface area contributed by atoms with Crippen molar-refractivity contribution in [2.75, 3.05) is 58.2 Å². The third-order valence-electron chi connectivity index (χ3n) is 6.46. The molecule has 4 rings (SSSR count). The fourth-order valence-electron chi connectivity index (χ4n) is 4.60. The Hall–Kier alpha value is -2.53. The van der Waals surface area contributed by atoms with Gasteiger partial charge in [0.1, 0.15) is 5.69 Å². The third-order valence-corrected chi connectivity index (χ3v) is 8.36. The molecule has 0 amide bonds. The molecule has 0 radical (unpaired) electrons. The maximum Gasteiger partial charge on any atom is 0.293 e. The Morgan fingerprint density at radius 1 is 1.06 bits per heavy atom.